The largest absolute Gasteiger partial charge is 0.445 e. The van der Waals surface area contributed by atoms with Crippen LogP contribution in [0, 0.1) is 11.8 Å². The van der Waals surface area contributed by atoms with Gasteiger partial charge in [-0.2, -0.15) is 0 Å². The Bertz CT molecular complexity index is 966. The SMILES string of the molecule is CC(C)C[C@@H](CO)NC(=O)[C@H](Cc1ccccc1)NC(=O)[C@H](CC(C)C)NC(=O)OCc1ccccc1. The first-order valence-electron chi connectivity index (χ1n) is 12.9. The lowest BCUT2D eigenvalue weighted by molar-refractivity contribution is -0.130. The van der Waals surface area contributed by atoms with E-state index in [4.69, 9.17) is 4.74 Å². The average molecular weight is 512 g/mol. The zero-order chi connectivity index (χ0) is 27.2. The smallest absolute Gasteiger partial charge is 0.408 e. The summed E-state index contributed by atoms with van der Waals surface area (Å²) in [5.74, 6) is -0.463. The van der Waals surface area contributed by atoms with E-state index in [0.717, 1.165) is 11.1 Å². The molecule has 0 heterocycles. The molecule has 4 N–H and O–H groups in total. The molecule has 37 heavy (non-hydrogen) atoms. The van der Waals surface area contributed by atoms with Crippen LogP contribution in [0.25, 0.3) is 0 Å². The van der Waals surface area contributed by atoms with Gasteiger partial charge < -0.3 is 25.8 Å². The highest BCUT2D eigenvalue weighted by Gasteiger charge is 2.29. The molecule has 0 aliphatic heterocycles. The molecule has 0 aliphatic rings. The van der Waals surface area contributed by atoms with Crippen molar-refractivity contribution in [2.75, 3.05) is 6.61 Å². The fraction of sp³-hybridized carbons (Fsp3) is 0.483. The van der Waals surface area contributed by atoms with Gasteiger partial charge in [0.1, 0.15) is 18.7 Å². The van der Waals surface area contributed by atoms with Crippen LogP contribution in [-0.2, 0) is 27.4 Å². The van der Waals surface area contributed by atoms with Gasteiger partial charge in [0.15, 0.2) is 0 Å². The number of hydrogen-bond donors (Lipinski definition) is 4. The molecular formula is C29H41N3O5. The van der Waals surface area contributed by atoms with E-state index in [1.807, 2.05) is 88.4 Å². The molecule has 2 aromatic rings. The van der Waals surface area contributed by atoms with Crippen molar-refractivity contribution >= 4 is 17.9 Å². The first-order valence-corrected chi connectivity index (χ1v) is 12.9. The Morgan fingerprint density at radius 2 is 1.27 bits per heavy atom. The molecule has 3 amide bonds. The van der Waals surface area contributed by atoms with Crippen LogP contribution in [-0.4, -0.2) is 47.7 Å². The van der Waals surface area contributed by atoms with E-state index < -0.39 is 30.1 Å². The summed E-state index contributed by atoms with van der Waals surface area (Å²) in [6.45, 7) is 7.81. The van der Waals surface area contributed by atoms with Gasteiger partial charge in [-0.3, -0.25) is 9.59 Å². The molecular weight excluding hydrogens is 470 g/mol. The van der Waals surface area contributed by atoms with Gasteiger partial charge in [0.2, 0.25) is 11.8 Å². The van der Waals surface area contributed by atoms with Crippen molar-refractivity contribution < 1.29 is 24.2 Å². The maximum Gasteiger partial charge on any atom is 0.408 e. The third kappa shape index (κ3) is 11.5. The van der Waals surface area contributed by atoms with Gasteiger partial charge in [0.05, 0.1) is 12.6 Å². The van der Waals surface area contributed by atoms with Crippen LogP contribution in [0.5, 0.6) is 0 Å². The van der Waals surface area contributed by atoms with Gasteiger partial charge >= 0.3 is 6.09 Å². The lowest BCUT2D eigenvalue weighted by Crippen LogP contribution is -2.56. The second-order valence-electron chi connectivity index (χ2n) is 10.2. The van der Waals surface area contributed by atoms with Gasteiger partial charge in [-0.05, 0) is 35.8 Å². The van der Waals surface area contributed by atoms with Gasteiger partial charge in [-0.15, -0.1) is 0 Å². The van der Waals surface area contributed by atoms with Crippen LogP contribution in [0.4, 0.5) is 4.79 Å². The lowest BCUT2D eigenvalue weighted by atomic mass is 10.00. The van der Waals surface area contributed by atoms with Crippen molar-refractivity contribution in [3.63, 3.8) is 0 Å². The van der Waals surface area contributed by atoms with Crippen molar-refractivity contribution in [3.05, 3.63) is 71.8 Å². The number of nitrogens with one attached hydrogen (secondary N) is 3. The first kappa shape index (κ1) is 29.8. The highest BCUT2D eigenvalue weighted by atomic mass is 16.5. The number of amides is 3. The molecule has 0 fully saturated rings. The molecule has 0 radical (unpaired) electrons. The van der Waals surface area contributed by atoms with Crippen molar-refractivity contribution in [2.24, 2.45) is 11.8 Å². The number of carbonyl (C=O) groups excluding carboxylic acids is 3. The minimum absolute atomic E-state index is 0.0835. The fourth-order valence-electron chi connectivity index (χ4n) is 3.99. The van der Waals surface area contributed by atoms with E-state index in [9.17, 15) is 19.5 Å². The number of rotatable bonds is 14. The number of ether oxygens (including phenoxy) is 1. The summed E-state index contributed by atoms with van der Waals surface area (Å²) >= 11 is 0. The summed E-state index contributed by atoms with van der Waals surface area (Å²) in [5.41, 5.74) is 1.71. The first-order chi connectivity index (χ1) is 17.7. The van der Waals surface area contributed by atoms with E-state index in [1.54, 1.807) is 0 Å². The van der Waals surface area contributed by atoms with Crippen LogP contribution in [0.2, 0.25) is 0 Å². The Morgan fingerprint density at radius 3 is 1.81 bits per heavy atom. The Kier molecular flexibility index (Phi) is 12.6. The summed E-state index contributed by atoms with van der Waals surface area (Å²) < 4.78 is 5.31. The van der Waals surface area contributed by atoms with Gasteiger partial charge in [0.25, 0.3) is 0 Å². The van der Waals surface area contributed by atoms with E-state index in [0.29, 0.717) is 12.8 Å². The summed E-state index contributed by atoms with van der Waals surface area (Å²) in [4.78, 5) is 39.0. The third-order valence-corrected chi connectivity index (χ3v) is 5.77. The maximum atomic E-state index is 13.3. The predicted molar refractivity (Wildman–Crippen MR) is 144 cm³/mol. The standard InChI is InChI=1S/C29H41N3O5/c1-20(2)15-24(18-33)30-27(34)26(17-22-11-7-5-8-12-22)31-28(35)25(16-21(3)4)32-29(36)37-19-23-13-9-6-10-14-23/h5-14,20-21,24-26,33H,15-19H2,1-4H3,(H,30,34)(H,31,35)(H,32,36)/t24-,25-,26-/m0/s1. The number of aliphatic hydroxyl groups excluding tert-OH is 1. The molecule has 202 valence electrons. The molecule has 0 saturated heterocycles. The van der Waals surface area contributed by atoms with Crippen LogP contribution >= 0.6 is 0 Å². The van der Waals surface area contributed by atoms with Gasteiger partial charge in [0, 0.05) is 6.42 Å². The summed E-state index contributed by atoms with van der Waals surface area (Å²) in [6, 6.07) is 16.5. The number of alkyl carbamates (subject to hydrolysis) is 1. The predicted octanol–water partition coefficient (Wildman–Crippen LogP) is 3.58. The number of hydrogen-bond acceptors (Lipinski definition) is 5. The van der Waals surface area contributed by atoms with E-state index in [2.05, 4.69) is 16.0 Å². The average Bonchev–Trinajstić information content (AvgIpc) is 2.86. The molecule has 0 aromatic heterocycles. The Labute approximate surface area is 220 Å². The summed E-state index contributed by atoms with van der Waals surface area (Å²) in [5, 5.41) is 18.1. The van der Waals surface area contributed by atoms with Crippen LogP contribution in [0.1, 0.15) is 51.7 Å². The molecule has 0 aliphatic carbocycles. The molecule has 2 aromatic carbocycles. The Morgan fingerprint density at radius 1 is 0.730 bits per heavy atom. The van der Waals surface area contributed by atoms with E-state index in [1.165, 1.54) is 0 Å². The van der Waals surface area contributed by atoms with Crippen LogP contribution in [0.3, 0.4) is 0 Å². The highest BCUT2D eigenvalue weighted by Crippen LogP contribution is 2.10. The number of benzene rings is 2. The summed E-state index contributed by atoms with van der Waals surface area (Å²) in [7, 11) is 0. The summed E-state index contributed by atoms with van der Waals surface area (Å²) in [6.07, 6.45) is 0.550. The molecule has 0 bridgehead atoms. The topological polar surface area (TPSA) is 117 Å². The van der Waals surface area contributed by atoms with Crippen molar-refractivity contribution in [1.82, 2.24) is 16.0 Å². The zero-order valence-electron chi connectivity index (χ0n) is 22.3. The quantitative estimate of drug-likeness (QED) is 0.309. The molecule has 3 atom stereocenters. The second kappa shape index (κ2) is 15.7. The van der Waals surface area contributed by atoms with E-state index >= 15 is 0 Å². The minimum atomic E-state index is -0.882. The van der Waals surface area contributed by atoms with Gasteiger partial charge in [-0.1, -0.05) is 88.4 Å². The Balaban J connectivity index is 2.12. The van der Waals surface area contributed by atoms with Crippen LogP contribution in [0.15, 0.2) is 60.7 Å². The molecule has 0 unspecified atom stereocenters. The zero-order valence-corrected chi connectivity index (χ0v) is 22.3. The highest BCUT2D eigenvalue weighted by molar-refractivity contribution is 5.91. The van der Waals surface area contributed by atoms with Crippen LogP contribution < -0.4 is 16.0 Å². The molecule has 0 spiro atoms. The normalized spacial score (nSPS) is 13.5. The van der Waals surface area contributed by atoms with Crippen molar-refractivity contribution in [1.29, 1.82) is 0 Å². The lowest BCUT2D eigenvalue weighted by Gasteiger charge is -2.26. The fourth-order valence-corrected chi connectivity index (χ4v) is 3.99. The number of carbonyl (C=O) groups is 3. The van der Waals surface area contributed by atoms with Crippen molar-refractivity contribution in [2.45, 2.75) is 71.7 Å². The molecule has 8 heteroatoms. The number of aliphatic hydroxyl groups is 1. The van der Waals surface area contributed by atoms with Crippen molar-refractivity contribution in [3.8, 4) is 0 Å². The minimum Gasteiger partial charge on any atom is -0.445 e. The molecule has 0 saturated carbocycles. The molecule has 2 rings (SSSR count). The van der Waals surface area contributed by atoms with E-state index in [-0.39, 0.29) is 37.4 Å². The second-order valence-corrected chi connectivity index (χ2v) is 10.2. The monoisotopic (exact) mass is 511 g/mol. The van der Waals surface area contributed by atoms with Gasteiger partial charge in [-0.25, -0.2) is 4.79 Å². The maximum absolute atomic E-state index is 13.3. The third-order valence-electron chi connectivity index (χ3n) is 5.77. The Hall–Kier alpha value is -3.39. The molecule has 8 nitrogen and oxygen atoms in total.